The van der Waals surface area contributed by atoms with E-state index in [1.54, 1.807) is 0 Å². The van der Waals surface area contributed by atoms with Crippen LogP contribution in [0.3, 0.4) is 0 Å². The van der Waals surface area contributed by atoms with E-state index in [1.807, 2.05) is 48.7 Å². The summed E-state index contributed by atoms with van der Waals surface area (Å²) >= 11 is 0. The van der Waals surface area contributed by atoms with E-state index in [1.165, 1.54) is 54.9 Å². The first-order valence-electron chi connectivity index (χ1n) is 14.8. The number of aliphatic imine (C=N–C) groups is 1. The molecule has 0 aliphatic rings. The van der Waals surface area contributed by atoms with Gasteiger partial charge in [-0.25, -0.2) is 0 Å². The minimum Gasteiger partial charge on any atom is -0.399 e. The fourth-order valence-corrected chi connectivity index (χ4v) is 5.57. The quantitative estimate of drug-likeness (QED) is 0.128. The van der Waals surface area contributed by atoms with Crippen LogP contribution in [0.5, 0.6) is 0 Å². The molecule has 0 aromatic heterocycles. The van der Waals surface area contributed by atoms with Gasteiger partial charge in [-0.3, -0.25) is 4.99 Å². The molecule has 0 heterocycles. The monoisotopic (exact) mass is 554 g/mol. The van der Waals surface area contributed by atoms with Crippen molar-refractivity contribution < 1.29 is 0 Å². The van der Waals surface area contributed by atoms with Gasteiger partial charge in [-0.05, 0) is 85.6 Å². The smallest absolute Gasteiger partial charge is 0.0625 e. The average molecular weight is 555 g/mol. The number of hydrogen-bond donors (Lipinski definition) is 1. The Morgan fingerprint density at radius 2 is 0.814 bits per heavy atom. The Bertz CT molecular complexity index is 1920. The number of rotatable bonds is 5. The minimum absolute atomic E-state index is 0.780. The lowest BCUT2D eigenvalue weighted by Gasteiger charge is -2.18. The number of benzene rings is 7. The fourth-order valence-electron chi connectivity index (χ4n) is 5.57. The lowest BCUT2D eigenvalue weighted by Crippen LogP contribution is -1.91. The van der Waals surface area contributed by atoms with Crippen LogP contribution in [0.1, 0.15) is 13.3 Å². The maximum atomic E-state index is 5.98. The summed E-state index contributed by atoms with van der Waals surface area (Å²) in [4.78, 5) is 4.20. The van der Waals surface area contributed by atoms with Gasteiger partial charge >= 0.3 is 0 Å². The molecule has 208 valence electrons. The summed E-state index contributed by atoms with van der Waals surface area (Å²) in [5.74, 6) is 0. The molecule has 0 amide bonds. The van der Waals surface area contributed by atoms with E-state index >= 15 is 0 Å². The van der Waals surface area contributed by atoms with Crippen LogP contribution in [0.25, 0.3) is 54.9 Å². The second kappa shape index (κ2) is 13.0. The van der Waals surface area contributed by atoms with E-state index in [2.05, 4.69) is 127 Å². The second-order valence-corrected chi connectivity index (χ2v) is 10.5. The lowest BCUT2D eigenvalue weighted by atomic mass is 9.85. The highest BCUT2D eigenvalue weighted by Gasteiger charge is 2.16. The summed E-state index contributed by atoms with van der Waals surface area (Å²) < 4.78 is 0. The Morgan fingerprint density at radius 3 is 1.28 bits per heavy atom. The topological polar surface area (TPSA) is 38.4 Å². The molecule has 0 bridgehead atoms. The molecule has 0 saturated carbocycles. The first-order chi connectivity index (χ1) is 21.2. The predicted octanol–water partition coefficient (Wildman–Crippen LogP) is 11.4. The molecule has 0 aliphatic carbocycles. The average Bonchev–Trinajstić information content (AvgIpc) is 3.08. The van der Waals surface area contributed by atoms with Gasteiger partial charge in [-0.15, -0.1) is 0 Å². The summed E-state index contributed by atoms with van der Waals surface area (Å²) in [5, 5.41) is 5.03. The Labute approximate surface area is 253 Å². The Hall–Kier alpha value is -5.47. The van der Waals surface area contributed by atoms with E-state index < -0.39 is 0 Å². The molecule has 0 atom stereocenters. The molecule has 2 nitrogen and oxygen atoms in total. The molecule has 43 heavy (non-hydrogen) atoms. The van der Waals surface area contributed by atoms with Crippen molar-refractivity contribution >= 4 is 39.1 Å². The molecule has 0 saturated heterocycles. The van der Waals surface area contributed by atoms with Crippen molar-refractivity contribution in [3.8, 4) is 33.4 Å². The lowest BCUT2D eigenvalue weighted by molar-refractivity contribution is 1.31. The summed E-state index contributed by atoms with van der Waals surface area (Å²) in [7, 11) is 0. The molecule has 7 aromatic carbocycles. The highest BCUT2D eigenvalue weighted by molar-refractivity contribution is 6.21. The van der Waals surface area contributed by atoms with Gasteiger partial charge in [0.2, 0.25) is 0 Å². The van der Waals surface area contributed by atoms with Crippen molar-refractivity contribution in [2.45, 2.75) is 13.3 Å². The van der Waals surface area contributed by atoms with Crippen molar-refractivity contribution in [3.63, 3.8) is 0 Å². The summed E-state index contributed by atoms with van der Waals surface area (Å²) in [5.41, 5.74) is 15.2. The second-order valence-electron chi connectivity index (χ2n) is 10.5. The van der Waals surface area contributed by atoms with Crippen LogP contribution in [0, 0.1) is 0 Å². The van der Waals surface area contributed by atoms with Gasteiger partial charge in [0, 0.05) is 11.9 Å². The van der Waals surface area contributed by atoms with Crippen molar-refractivity contribution in [1.82, 2.24) is 0 Å². The van der Waals surface area contributed by atoms with Crippen molar-refractivity contribution in [2.75, 3.05) is 5.73 Å². The summed E-state index contributed by atoms with van der Waals surface area (Å²) in [6.07, 6.45) is 2.91. The van der Waals surface area contributed by atoms with Crippen LogP contribution in [0.2, 0.25) is 0 Å². The summed E-state index contributed by atoms with van der Waals surface area (Å²) in [6.45, 7) is 2.08. The maximum absolute atomic E-state index is 5.98. The SMILES string of the molecule is CCC=Nc1ccccc1.Nc1ccc(-c2c3ccccc3c(-c3ccc(-c4ccccc4)cc3)c3ccccc23)cc1. The van der Waals surface area contributed by atoms with Gasteiger partial charge in [-0.1, -0.05) is 140 Å². The minimum atomic E-state index is 0.780. The molecule has 0 radical (unpaired) electrons. The molecule has 0 aliphatic heterocycles. The van der Waals surface area contributed by atoms with E-state index in [0.29, 0.717) is 0 Å². The van der Waals surface area contributed by atoms with E-state index in [4.69, 9.17) is 5.73 Å². The predicted molar refractivity (Wildman–Crippen MR) is 187 cm³/mol. The van der Waals surface area contributed by atoms with Crippen LogP contribution < -0.4 is 5.73 Å². The molecular formula is C41H34N2. The number of anilines is 1. The molecule has 2 heteroatoms. The summed E-state index contributed by atoms with van der Waals surface area (Å²) in [6, 6.07) is 55.1. The number of para-hydroxylation sites is 1. The van der Waals surface area contributed by atoms with E-state index in [9.17, 15) is 0 Å². The zero-order valence-electron chi connectivity index (χ0n) is 24.3. The highest BCUT2D eigenvalue weighted by atomic mass is 14.7. The number of nitrogen functional groups attached to an aromatic ring is 1. The third-order valence-corrected chi connectivity index (χ3v) is 7.59. The zero-order chi connectivity index (χ0) is 29.4. The zero-order valence-corrected chi connectivity index (χ0v) is 24.3. The Morgan fingerprint density at radius 1 is 0.442 bits per heavy atom. The molecule has 0 unspecified atom stereocenters. The molecule has 2 N–H and O–H groups in total. The van der Waals surface area contributed by atoms with Gasteiger partial charge < -0.3 is 5.73 Å². The van der Waals surface area contributed by atoms with Crippen LogP contribution in [0.15, 0.2) is 163 Å². The first kappa shape index (κ1) is 27.7. The van der Waals surface area contributed by atoms with Crippen molar-refractivity contribution in [2.24, 2.45) is 4.99 Å². The standard InChI is InChI=1S/C32H23N.C9H11N/c33-26-20-18-25(19-21-26)32-29-12-6-4-10-27(29)31(28-11-5-7-13-30(28)32)24-16-14-23(15-17-24)22-8-2-1-3-9-22;1-2-8-10-9-6-4-3-5-7-9/h1-21H,33H2;3-8H,2H2,1H3. The Kier molecular flexibility index (Phi) is 8.38. The van der Waals surface area contributed by atoms with Crippen molar-refractivity contribution in [1.29, 1.82) is 0 Å². The largest absolute Gasteiger partial charge is 0.399 e. The molecule has 7 rings (SSSR count). The van der Waals surface area contributed by atoms with Gasteiger partial charge in [0.05, 0.1) is 5.69 Å². The van der Waals surface area contributed by atoms with E-state index in [0.717, 1.165) is 17.8 Å². The number of hydrogen-bond acceptors (Lipinski definition) is 2. The third-order valence-electron chi connectivity index (χ3n) is 7.59. The van der Waals surface area contributed by atoms with Gasteiger partial charge in [0.25, 0.3) is 0 Å². The molecular weight excluding hydrogens is 520 g/mol. The molecule has 0 spiro atoms. The van der Waals surface area contributed by atoms with Crippen LogP contribution in [-0.4, -0.2) is 6.21 Å². The van der Waals surface area contributed by atoms with E-state index in [-0.39, 0.29) is 0 Å². The van der Waals surface area contributed by atoms with Gasteiger partial charge in [0.1, 0.15) is 0 Å². The van der Waals surface area contributed by atoms with Gasteiger partial charge in [-0.2, -0.15) is 0 Å². The first-order valence-corrected chi connectivity index (χ1v) is 14.8. The van der Waals surface area contributed by atoms with Crippen LogP contribution in [-0.2, 0) is 0 Å². The third kappa shape index (κ3) is 6.10. The van der Waals surface area contributed by atoms with Crippen LogP contribution >= 0.6 is 0 Å². The number of fused-ring (bicyclic) bond motifs is 2. The van der Waals surface area contributed by atoms with Crippen molar-refractivity contribution in [3.05, 3.63) is 158 Å². The fraction of sp³-hybridized carbons (Fsp3) is 0.0488. The normalized spacial score (nSPS) is 11.0. The molecule has 0 fully saturated rings. The maximum Gasteiger partial charge on any atom is 0.0625 e. The Balaban J connectivity index is 0.000000281. The highest BCUT2D eigenvalue weighted by Crippen LogP contribution is 2.43. The van der Waals surface area contributed by atoms with Crippen LogP contribution in [0.4, 0.5) is 11.4 Å². The van der Waals surface area contributed by atoms with Gasteiger partial charge in [0.15, 0.2) is 0 Å². The molecule has 7 aromatic rings. The number of nitrogens with two attached hydrogens (primary N) is 1. The number of nitrogens with zero attached hydrogens (tertiary/aromatic N) is 1.